The van der Waals surface area contributed by atoms with Crippen LogP contribution in [0.4, 0.5) is 5.69 Å². The SMILES string of the molecule is COc1ccc(S(=O)(=O)Nc2ccc(-n3cnc(C)c3)c(OC)c2)c(OC)c1. The van der Waals surface area contributed by atoms with Crippen molar-refractivity contribution in [3.63, 3.8) is 0 Å². The number of methoxy groups -OCH3 is 3. The number of ether oxygens (including phenoxy) is 3. The number of nitrogens with one attached hydrogen (secondary N) is 1. The minimum absolute atomic E-state index is 0.00378. The number of rotatable bonds is 7. The predicted octanol–water partition coefficient (Wildman–Crippen LogP) is 3.01. The predicted molar refractivity (Wildman–Crippen MR) is 105 cm³/mol. The summed E-state index contributed by atoms with van der Waals surface area (Å²) in [4.78, 5) is 4.20. The van der Waals surface area contributed by atoms with E-state index in [1.807, 2.05) is 13.1 Å². The lowest BCUT2D eigenvalue weighted by Crippen LogP contribution is -2.14. The van der Waals surface area contributed by atoms with Crippen molar-refractivity contribution in [2.24, 2.45) is 0 Å². The Kier molecular flexibility index (Phi) is 5.46. The lowest BCUT2D eigenvalue weighted by molar-refractivity contribution is 0.386. The summed E-state index contributed by atoms with van der Waals surface area (Å²) >= 11 is 0. The van der Waals surface area contributed by atoms with E-state index >= 15 is 0 Å². The molecule has 2 aromatic carbocycles. The zero-order valence-corrected chi connectivity index (χ0v) is 16.8. The van der Waals surface area contributed by atoms with Crippen molar-refractivity contribution in [3.05, 3.63) is 54.6 Å². The number of aromatic nitrogens is 2. The number of benzene rings is 2. The summed E-state index contributed by atoms with van der Waals surface area (Å²) in [5.74, 6) is 1.18. The highest BCUT2D eigenvalue weighted by atomic mass is 32.2. The molecule has 3 rings (SSSR count). The largest absolute Gasteiger partial charge is 0.497 e. The molecule has 0 saturated carbocycles. The summed E-state index contributed by atoms with van der Waals surface area (Å²) in [6, 6.07) is 9.52. The molecule has 8 nitrogen and oxygen atoms in total. The van der Waals surface area contributed by atoms with Gasteiger partial charge in [-0.05, 0) is 31.2 Å². The fourth-order valence-electron chi connectivity index (χ4n) is 2.71. The van der Waals surface area contributed by atoms with Crippen molar-refractivity contribution in [3.8, 4) is 22.9 Å². The van der Waals surface area contributed by atoms with E-state index in [1.54, 1.807) is 35.2 Å². The molecular formula is C19H21N3O5S. The number of hydrogen-bond donors (Lipinski definition) is 1. The number of aryl methyl sites for hydroxylation is 1. The zero-order valence-electron chi connectivity index (χ0n) is 16.0. The standard InChI is InChI=1S/C19H21N3O5S/c1-13-11-22(12-20-13)16-7-5-14(9-17(16)26-3)21-28(23,24)19-8-6-15(25-2)10-18(19)27-4/h5-12,21H,1-4H3. The van der Waals surface area contributed by atoms with Gasteiger partial charge in [0.05, 0.1) is 44.7 Å². The van der Waals surface area contributed by atoms with Crippen LogP contribution in [-0.2, 0) is 10.0 Å². The van der Waals surface area contributed by atoms with Crippen LogP contribution in [0.25, 0.3) is 5.69 Å². The van der Waals surface area contributed by atoms with E-state index in [0.29, 0.717) is 17.2 Å². The number of hydrogen-bond acceptors (Lipinski definition) is 6. The number of nitrogens with zero attached hydrogens (tertiary/aromatic N) is 2. The number of anilines is 1. The first-order chi connectivity index (χ1) is 13.4. The van der Waals surface area contributed by atoms with Gasteiger partial charge in [-0.15, -0.1) is 0 Å². The van der Waals surface area contributed by atoms with Gasteiger partial charge in [-0.2, -0.15) is 0 Å². The molecule has 0 unspecified atom stereocenters. The molecule has 0 atom stereocenters. The maximum atomic E-state index is 12.9. The van der Waals surface area contributed by atoms with Gasteiger partial charge >= 0.3 is 0 Å². The first kappa shape index (κ1) is 19.6. The van der Waals surface area contributed by atoms with E-state index in [1.165, 1.54) is 33.5 Å². The second-order valence-electron chi connectivity index (χ2n) is 5.93. The Labute approximate surface area is 163 Å². The molecular weight excluding hydrogens is 382 g/mol. The average molecular weight is 403 g/mol. The average Bonchev–Trinajstić information content (AvgIpc) is 3.13. The van der Waals surface area contributed by atoms with Gasteiger partial charge in [-0.25, -0.2) is 13.4 Å². The highest BCUT2D eigenvalue weighted by Gasteiger charge is 2.21. The maximum Gasteiger partial charge on any atom is 0.265 e. The third-order valence-corrected chi connectivity index (χ3v) is 5.50. The monoisotopic (exact) mass is 403 g/mol. The summed E-state index contributed by atoms with van der Waals surface area (Å²) in [6.45, 7) is 1.88. The highest BCUT2D eigenvalue weighted by Crippen LogP contribution is 2.32. The fraction of sp³-hybridized carbons (Fsp3) is 0.211. The van der Waals surface area contributed by atoms with E-state index in [0.717, 1.165) is 11.4 Å². The van der Waals surface area contributed by atoms with Gasteiger partial charge in [0.25, 0.3) is 10.0 Å². The van der Waals surface area contributed by atoms with E-state index in [9.17, 15) is 8.42 Å². The van der Waals surface area contributed by atoms with Crippen LogP contribution in [0.5, 0.6) is 17.2 Å². The lowest BCUT2D eigenvalue weighted by atomic mass is 10.2. The molecule has 0 spiro atoms. The maximum absolute atomic E-state index is 12.9. The van der Waals surface area contributed by atoms with E-state index < -0.39 is 10.0 Å². The Morgan fingerprint density at radius 3 is 2.32 bits per heavy atom. The molecule has 0 fully saturated rings. The van der Waals surface area contributed by atoms with Crippen molar-refractivity contribution >= 4 is 15.7 Å². The molecule has 0 aliphatic rings. The van der Waals surface area contributed by atoms with E-state index in [2.05, 4.69) is 9.71 Å². The molecule has 148 valence electrons. The van der Waals surface area contributed by atoms with Gasteiger partial charge in [-0.1, -0.05) is 0 Å². The zero-order chi connectivity index (χ0) is 20.3. The summed E-state index contributed by atoms with van der Waals surface area (Å²) in [5, 5.41) is 0. The molecule has 9 heteroatoms. The van der Waals surface area contributed by atoms with Crippen LogP contribution >= 0.6 is 0 Å². The van der Waals surface area contributed by atoms with Crippen molar-refractivity contribution in [2.45, 2.75) is 11.8 Å². The summed E-state index contributed by atoms with van der Waals surface area (Å²) in [5.41, 5.74) is 1.96. The van der Waals surface area contributed by atoms with Crippen LogP contribution in [0, 0.1) is 6.92 Å². The first-order valence-corrected chi connectivity index (χ1v) is 9.80. The second kappa shape index (κ2) is 7.81. The fourth-order valence-corrected chi connectivity index (χ4v) is 3.92. The quantitative estimate of drug-likeness (QED) is 0.652. The molecule has 0 amide bonds. The molecule has 1 N–H and O–H groups in total. The van der Waals surface area contributed by atoms with Gasteiger partial charge in [0.1, 0.15) is 22.1 Å². The third kappa shape index (κ3) is 3.89. The third-order valence-electron chi connectivity index (χ3n) is 4.08. The molecule has 0 aliphatic carbocycles. The van der Waals surface area contributed by atoms with Crippen molar-refractivity contribution < 1.29 is 22.6 Å². The Morgan fingerprint density at radius 2 is 1.71 bits per heavy atom. The minimum Gasteiger partial charge on any atom is -0.497 e. The summed E-state index contributed by atoms with van der Waals surface area (Å²) in [7, 11) is 0.535. The molecule has 0 aliphatic heterocycles. The van der Waals surface area contributed by atoms with E-state index in [-0.39, 0.29) is 10.6 Å². The van der Waals surface area contributed by atoms with Gasteiger partial charge in [0.2, 0.25) is 0 Å². The molecule has 3 aromatic rings. The molecule has 1 heterocycles. The molecule has 0 radical (unpaired) electrons. The van der Waals surface area contributed by atoms with Crippen LogP contribution in [0.1, 0.15) is 5.69 Å². The van der Waals surface area contributed by atoms with Crippen LogP contribution in [-0.4, -0.2) is 39.3 Å². The van der Waals surface area contributed by atoms with Crippen molar-refractivity contribution in [1.82, 2.24) is 9.55 Å². The molecule has 0 saturated heterocycles. The van der Waals surface area contributed by atoms with Crippen molar-refractivity contribution in [1.29, 1.82) is 0 Å². The van der Waals surface area contributed by atoms with E-state index in [4.69, 9.17) is 14.2 Å². The Balaban J connectivity index is 1.95. The second-order valence-corrected chi connectivity index (χ2v) is 7.58. The normalized spacial score (nSPS) is 11.1. The van der Waals surface area contributed by atoms with Crippen LogP contribution in [0.2, 0.25) is 0 Å². The molecule has 0 bridgehead atoms. The van der Waals surface area contributed by atoms with Gasteiger partial charge in [-0.3, -0.25) is 4.72 Å². The highest BCUT2D eigenvalue weighted by molar-refractivity contribution is 7.92. The molecule has 28 heavy (non-hydrogen) atoms. The Hall–Kier alpha value is -3.20. The molecule has 1 aromatic heterocycles. The minimum atomic E-state index is -3.88. The first-order valence-electron chi connectivity index (χ1n) is 8.32. The van der Waals surface area contributed by atoms with Crippen LogP contribution in [0.3, 0.4) is 0 Å². The van der Waals surface area contributed by atoms with Crippen LogP contribution < -0.4 is 18.9 Å². The smallest absolute Gasteiger partial charge is 0.265 e. The lowest BCUT2D eigenvalue weighted by Gasteiger charge is -2.15. The number of sulfonamides is 1. The van der Waals surface area contributed by atoms with Gasteiger partial charge in [0.15, 0.2) is 0 Å². The Morgan fingerprint density at radius 1 is 0.964 bits per heavy atom. The number of imidazole rings is 1. The van der Waals surface area contributed by atoms with Crippen LogP contribution in [0.15, 0.2) is 53.8 Å². The summed E-state index contributed by atoms with van der Waals surface area (Å²) in [6.07, 6.45) is 3.52. The van der Waals surface area contributed by atoms with Gasteiger partial charge in [0, 0.05) is 18.3 Å². The van der Waals surface area contributed by atoms with Crippen molar-refractivity contribution in [2.75, 3.05) is 26.1 Å². The summed E-state index contributed by atoms with van der Waals surface area (Å²) < 4.78 is 45.8. The van der Waals surface area contributed by atoms with Gasteiger partial charge < -0.3 is 18.8 Å². The topological polar surface area (TPSA) is 91.7 Å². The Bertz CT molecular complexity index is 1090.